The molecule has 0 saturated carbocycles. The zero-order valence-corrected chi connectivity index (χ0v) is 19.1. The lowest BCUT2D eigenvalue weighted by atomic mass is 10.1. The summed E-state index contributed by atoms with van der Waals surface area (Å²) in [4.78, 5) is 21.2. The summed E-state index contributed by atoms with van der Waals surface area (Å²) in [6, 6.07) is 20.9. The van der Waals surface area contributed by atoms with Gasteiger partial charge in [-0.3, -0.25) is 29.8 Å². The van der Waals surface area contributed by atoms with Crippen molar-refractivity contribution < 1.29 is 18.9 Å². The first-order chi connectivity index (χ1) is 16.3. The van der Waals surface area contributed by atoms with Crippen LogP contribution in [0, 0.1) is 20.2 Å². The third-order valence-electron chi connectivity index (χ3n) is 5.47. The van der Waals surface area contributed by atoms with Gasteiger partial charge in [0.15, 0.2) is 5.45 Å². The number of hydrogen-bond acceptors (Lipinski definition) is 8. The van der Waals surface area contributed by atoms with Crippen LogP contribution in [0.4, 0.5) is 17.1 Å². The average molecular weight is 480 g/mol. The number of nitrogens with zero attached hydrogens (tertiary/aromatic N) is 4. The van der Waals surface area contributed by atoms with Gasteiger partial charge in [0.05, 0.1) is 34.3 Å². The van der Waals surface area contributed by atoms with Crippen molar-refractivity contribution in [3.05, 3.63) is 110 Å². The number of anilines is 1. The van der Waals surface area contributed by atoms with Crippen LogP contribution >= 0.6 is 7.37 Å². The summed E-state index contributed by atoms with van der Waals surface area (Å²) in [6.07, 6.45) is 0. The molecule has 0 spiro atoms. The minimum Gasteiger partial charge on any atom is -0.324 e. The van der Waals surface area contributed by atoms with E-state index in [4.69, 9.17) is 4.52 Å². The van der Waals surface area contributed by atoms with E-state index in [0.717, 1.165) is 5.56 Å². The van der Waals surface area contributed by atoms with Gasteiger partial charge >= 0.3 is 0 Å². The predicted octanol–water partition coefficient (Wildman–Crippen LogP) is 5.74. The molecular weight excluding hydrogens is 459 g/mol. The molecule has 0 aromatic heterocycles. The van der Waals surface area contributed by atoms with Gasteiger partial charge in [-0.25, -0.2) is 0 Å². The lowest BCUT2D eigenvalue weighted by molar-refractivity contribution is -0.385. The van der Waals surface area contributed by atoms with Gasteiger partial charge in [0.25, 0.3) is 18.7 Å². The molecule has 34 heavy (non-hydrogen) atoms. The Hall–Kier alpha value is -3.88. The van der Waals surface area contributed by atoms with E-state index >= 15 is 0 Å². The number of nitro groups is 2. The molecule has 1 aliphatic heterocycles. The zero-order valence-electron chi connectivity index (χ0n) is 18.2. The number of benzene rings is 3. The highest BCUT2D eigenvalue weighted by atomic mass is 31.2. The maximum absolute atomic E-state index is 14.4. The standard InChI is InChI=1S/C23H21N4O6P/c1-2-33-34(32)22(17-6-4-3-5-7-17)16-25(19-12-14-21(15-13-19)27(30)31)24-23(34)18-8-10-20(11-9-18)26(28)29/h3-15,22H,2,16H2,1H3/t22-,34-/m1/s1. The van der Waals surface area contributed by atoms with Gasteiger partial charge in [-0.1, -0.05) is 30.3 Å². The van der Waals surface area contributed by atoms with Crippen molar-refractivity contribution in [1.29, 1.82) is 0 Å². The van der Waals surface area contributed by atoms with E-state index in [2.05, 4.69) is 5.10 Å². The van der Waals surface area contributed by atoms with Crippen molar-refractivity contribution in [3.63, 3.8) is 0 Å². The van der Waals surface area contributed by atoms with E-state index in [1.54, 1.807) is 24.1 Å². The van der Waals surface area contributed by atoms with Crippen molar-refractivity contribution >= 4 is 29.9 Å². The Morgan fingerprint density at radius 2 is 1.50 bits per heavy atom. The highest BCUT2D eigenvalue weighted by Crippen LogP contribution is 2.64. The lowest BCUT2D eigenvalue weighted by Gasteiger charge is -2.37. The van der Waals surface area contributed by atoms with Crippen molar-refractivity contribution in [1.82, 2.24) is 0 Å². The van der Waals surface area contributed by atoms with E-state index in [-0.39, 0.29) is 30.0 Å². The molecule has 0 aliphatic carbocycles. The average Bonchev–Trinajstić information content (AvgIpc) is 2.85. The van der Waals surface area contributed by atoms with E-state index in [0.29, 0.717) is 11.3 Å². The van der Waals surface area contributed by atoms with Crippen LogP contribution in [0.15, 0.2) is 84.0 Å². The second-order valence-electron chi connectivity index (χ2n) is 7.52. The molecule has 1 aliphatic rings. The van der Waals surface area contributed by atoms with E-state index in [1.807, 2.05) is 30.3 Å². The molecule has 11 heteroatoms. The summed E-state index contributed by atoms with van der Waals surface area (Å²) < 4.78 is 20.3. The molecule has 3 aromatic rings. The maximum atomic E-state index is 14.4. The van der Waals surface area contributed by atoms with Gasteiger partial charge in [-0.05, 0) is 36.8 Å². The van der Waals surface area contributed by atoms with Gasteiger partial charge < -0.3 is 4.52 Å². The van der Waals surface area contributed by atoms with Gasteiger partial charge in [-0.15, -0.1) is 0 Å². The van der Waals surface area contributed by atoms with E-state index in [1.165, 1.54) is 36.4 Å². The van der Waals surface area contributed by atoms with Crippen molar-refractivity contribution in [2.45, 2.75) is 12.6 Å². The fourth-order valence-corrected chi connectivity index (χ4v) is 6.49. The topological polar surface area (TPSA) is 128 Å². The summed E-state index contributed by atoms with van der Waals surface area (Å²) in [5, 5.41) is 28.4. The Bertz CT molecular complexity index is 1280. The smallest absolute Gasteiger partial charge is 0.269 e. The van der Waals surface area contributed by atoms with Gasteiger partial charge in [-0.2, -0.15) is 5.10 Å². The molecule has 1 heterocycles. The maximum Gasteiger partial charge on any atom is 0.269 e. The zero-order chi connectivity index (χ0) is 24.3. The second kappa shape index (κ2) is 9.54. The molecule has 0 fully saturated rings. The quantitative estimate of drug-likeness (QED) is 0.239. The Morgan fingerprint density at radius 3 is 2.03 bits per heavy atom. The van der Waals surface area contributed by atoms with Crippen LogP contribution < -0.4 is 5.01 Å². The fraction of sp³-hybridized carbons (Fsp3) is 0.174. The molecule has 0 N–H and O–H groups in total. The summed E-state index contributed by atoms with van der Waals surface area (Å²) in [7, 11) is -3.57. The Kier molecular flexibility index (Phi) is 6.54. The molecule has 0 saturated heterocycles. The third-order valence-corrected chi connectivity index (χ3v) is 8.33. The Morgan fingerprint density at radius 1 is 0.941 bits per heavy atom. The van der Waals surface area contributed by atoms with Crippen LogP contribution in [0.3, 0.4) is 0 Å². The van der Waals surface area contributed by atoms with Crippen LogP contribution in [0.25, 0.3) is 0 Å². The number of hydrogen-bond donors (Lipinski definition) is 0. The van der Waals surface area contributed by atoms with Crippen LogP contribution in [0.2, 0.25) is 0 Å². The molecule has 2 atom stereocenters. The fourth-order valence-electron chi connectivity index (χ4n) is 3.84. The molecule has 0 bridgehead atoms. The predicted molar refractivity (Wildman–Crippen MR) is 128 cm³/mol. The highest BCUT2D eigenvalue weighted by Gasteiger charge is 2.46. The molecule has 0 radical (unpaired) electrons. The van der Waals surface area contributed by atoms with Crippen LogP contribution in [0.1, 0.15) is 23.7 Å². The van der Waals surface area contributed by atoms with E-state index < -0.39 is 22.9 Å². The van der Waals surface area contributed by atoms with Crippen LogP contribution in [0.5, 0.6) is 0 Å². The number of hydrazone groups is 1. The van der Waals surface area contributed by atoms with E-state index in [9.17, 15) is 24.8 Å². The second-order valence-corrected chi connectivity index (χ2v) is 10.0. The normalized spacial score (nSPS) is 20.0. The molecule has 10 nitrogen and oxygen atoms in total. The van der Waals surface area contributed by atoms with Crippen molar-refractivity contribution in [2.24, 2.45) is 5.10 Å². The molecule has 174 valence electrons. The van der Waals surface area contributed by atoms with Crippen LogP contribution in [-0.2, 0) is 9.09 Å². The summed E-state index contributed by atoms with van der Waals surface area (Å²) in [6.45, 7) is 2.15. The first-order valence-corrected chi connectivity index (χ1v) is 12.2. The third kappa shape index (κ3) is 4.46. The van der Waals surface area contributed by atoms with Gasteiger partial charge in [0.2, 0.25) is 0 Å². The molecule has 0 unspecified atom stereocenters. The van der Waals surface area contributed by atoms with Crippen LogP contribution in [-0.4, -0.2) is 28.5 Å². The minimum absolute atomic E-state index is 0.0556. The molecular formula is C23H21N4O6P. The SMILES string of the molecule is CCO[P@@]1(=O)C(c2ccc([N+](=O)[O-])cc2)=NN(c2ccc([N+](=O)[O-])cc2)C[C@@H]1c1ccccc1. The summed E-state index contributed by atoms with van der Waals surface area (Å²) in [5.74, 6) is 0. The first-order valence-electron chi connectivity index (χ1n) is 10.5. The monoisotopic (exact) mass is 480 g/mol. The summed E-state index contributed by atoms with van der Waals surface area (Å²) in [5.41, 5.74) is 1.26. The van der Waals surface area contributed by atoms with Gasteiger partial charge in [0.1, 0.15) is 0 Å². The molecule has 3 aromatic carbocycles. The number of nitro benzene ring substituents is 2. The largest absolute Gasteiger partial charge is 0.324 e. The molecule has 0 amide bonds. The van der Waals surface area contributed by atoms with Crippen molar-refractivity contribution in [2.75, 3.05) is 18.2 Å². The highest BCUT2D eigenvalue weighted by molar-refractivity contribution is 7.77. The summed E-state index contributed by atoms with van der Waals surface area (Å²) >= 11 is 0. The van der Waals surface area contributed by atoms with Crippen molar-refractivity contribution in [3.8, 4) is 0 Å². The number of non-ortho nitro benzene ring substituents is 2. The minimum atomic E-state index is -3.57. The first kappa shape index (κ1) is 23.3. The Labute approximate surface area is 195 Å². The molecule has 4 rings (SSSR count). The van der Waals surface area contributed by atoms with Gasteiger partial charge in [0, 0.05) is 29.8 Å². The lowest BCUT2D eigenvalue weighted by Crippen LogP contribution is -2.32. The number of rotatable bonds is 7. The Balaban J connectivity index is 1.87.